The van der Waals surface area contributed by atoms with E-state index in [-0.39, 0.29) is 12.1 Å². The van der Waals surface area contributed by atoms with Crippen molar-refractivity contribution in [1.82, 2.24) is 0 Å². The molecule has 22 heavy (non-hydrogen) atoms. The Hall–Kier alpha value is -2.88. The van der Waals surface area contributed by atoms with E-state index in [1.807, 2.05) is 54.6 Å². The standard InChI is InChI=1S/C18H14N4/c1-3-7-13(8-4-1)15-11-17(21-19-15)18-12-16(20-22-18)14-9-5-2-6-10-14/h1-12,15,18H/t15-,18+/m1/s1. The molecule has 0 saturated heterocycles. The molecule has 2 aromatic carbocycles. The number of azo groups is 2. The third kappa shape index (κ3) is 2.39. The van der Waals surface area contributed by atoms with Crippen molar-refractivity contribution in [3.63, 3.8) is 0 Å². The maximum Gasteiger partial charge on any atom is 0.135 e. The molecule has 0 unspecified atom stereocenters. The second-order valence-corrected chi connectivity index (χ2v) is 5.24. The van der Waals surface area contributed by atoms with Gasteiger partial charge in [0.05, 0.1) is 11.4 Å². The van der Waals surface area contributed by atoms with Crippen molar-refractivity contribution in [2.24, 2.45) is 20.5 Å². The number of nitrogens with zero attached hydrogens (tertiary/aromatic N) is 4. The number of hydrogen-bond donors (Lipinski definition) is 0. The highest BCUT2D eigenvalue weighted by Gasteiger charge is 2.23. The Morgan fingerprint density at radius 3 is 2.09 bits per heavy atom. The van der Waals surface area contributed by atoms with Crippen LogP contribution in [0.15, 0.2) is 99.0 Å². The molecule has 2 heterocycles. The fourth-order valence-electron chi connectivity index (χ4n) is 2.58. The van der Waals surface area contributed by atoms with Crippen LogP contribution in [-0.4, -0.2) is 6.04 Å². The molecular weight excluding hydrogens is 272 g/mol. The van der Waals surface area contributed by atoms with Gasteiger partial charge in [-0.15, -0.1) is 0 Å². The van der Waals surface area contributed by atoms with Gasteiger partial charge in [0.1, 0.15) is 12.1 Å². The first-order chi connectivity index (χ1) is 10.9. The lowest BCUT2D eigenvalue weighted by Gasteiger charge is -2.02. The zero-order valence-corrected chi connectivity index (χ0v) is 11.9. The summed E-state index contributed by atoms with van der Waals surface area (Å²) in [7, 11) is 0. The first-order valence-electron chi connectivity index (χ1n) is 7.26. The summed E-state index contributed by atoms with van der Waals surface area (Å²) >= 11 is 0. The molecule has 106 valence electrons. The third-order valence-electron chi connectivity index (χ3n) is 3.75. The molecule has 4 rings (SSSR count). The van der Waals surface area contributed by atoms with Crippen molar-refractivity contribution in [2.75, 3.05) is 0 Å². The normalized spacial score (nSPS) is 22.7. The molecule has 0 bridgehead atoms. The van der Waals surface area contributed by atoms with Gasteiger partial charge in [-0.05, 0) is 17.7 Å². The average Bonchev–Trinajstić information content (AvgIpc) is 3.26. The van der Waals surface area contributed by atoms with Crippen LogP contribution in [0.1, 0.15) is 17.2 Å². The van der Waals surface area contributed by atoms with Gasteiger partial charge in [-0.3, -0.25) is 0 Å². The fourth-order valence-corrected chi connectivity index (χ4v) is 2.58. The zero-order valence-electron chi connectivity index (χ0n) is 11.9. The molecule has 2 aliphatic heterocycles. The van der Waals surface area contributed by atoms with E-state index in [1.165, 1.54) is 0 Å². The SMILES string of the molecule is C1=C(c2ccccc2)N=N[C@@H]1C1=C[C@H](c2ccccc2)N=N1. The maximum absolute atomic E-state index is 4.33. The topological polar surface area (TPSA) is 49.4 Å². The summed E-state index contributed by atoms with van der Waals surface area (Å²) < 4.78 is 0. The Morgan fingerprint density at radius 1 is 0.636 bits per heavy atom. The third-order valence-corrected chi connectivity index (χ3v) is 3.75. The minimum Gasteiger partial charge on any atom is -0.176 e. The van der Waals surface area contributed by atoms with Crippen LogP contribution in [-0.2, 0) is 0 Å². The van der Waals surface area contributed by atoms with Gasteiger partial charge in [0.2, 0.25) is 0 Å². The second kappa shape index (κ2) is 5.48. The predicted octanol–water partition coefficient (Wildman–Crippen LogP) is 4.95. The number of rotatable bonds is 3. The molecule has 0 saturated carbocycles. The molecule has 0 aromatic heterocycles. The van der Waals surface area contributed by atoms with E-state index in [0.717, 1.165) is 22.5 Å². The van der Waals surface area contributed by atoms with Crippen LogP contribution >= 0.6 is 0 Å². The minimum absolute atomic E-state index is 0.0134. The highest BCUT2D eigenvalue weighted by atomic mass is 15.2. The van der Waals surface area contributed by atoms with Crippen molar-refractivity contribution < 1.29 is 0 Å². The van der Waals surface area contributed by atoms with Crippen LogP contribution in [0.25, 0.3) is 5.70 Å². The molecule has 0 N–H and O–H groups in total. The smallest absolute Gasteiger partial charge is 0.135 e. The molecule has 0 radical (unpaired) electrons. The van der Waals surface area contributed by atoms with Gasteiger partial charge in [-0.2, -0.15) is 20.5 Å². The Balaban J connectivity index is 1.57. The second-order valence-electron chi connectivity index (χ2n) is 5.24. The van der Waals surface area contributed by atoms with Gasteiger partial charge < -0.3 is 0 Å². The summed E-state index contributed by atoms with van der Waals surface area (Å²) in [4.78, 5) is 0. The maximum atomic E-state index is 4.33. The minimum atomic E-state index is -0.132. The largest absolute Gasteiger partial charge is 0.176 e. The van der Waals surface area contributed by atoms with Crippen LogP contribution in [0.4, 0.5) is 0 Å². The lowest BCUT2D eigenvalue weighted by atomic mass is 10.1. The van der Waals surface area contributed by atoms with Gasteiger partial charge in [0.15, 0.2) is 0 Å². The summed E-state index contributed by atoms with van der Waals surface area (Å²) in [5.41, 5.74) is 3.97. The van der Waals surface area contributed by atoms with Gasteiger partial charge in [0.25, 0.3) is 0 Å². The molecule has 2 aliphatic rings. The van der Waals surface area contributed by atoms with Crippen LogP contribution in [0.2, 0.25) is 0 Å². The van der Waals surface area contributed by atoms with Crippen LogP contribution in [0.3, 0.4) is 0 Å². The van der Waals surface area contributed by atoms with Gasteiger partial charge in [0, 0.05) is 5.56 Å². The Bertz CT molecular complexity index is 788. The monoisotopic (exact) mass is 286 g/mol. The molecule has 0 amide bonds. The van der Waals surface area contributed by atoms with Crippen molar-refractivity contribution >= 4 is 5.70 Å². The van der Waals surface area contributed by atoms with E-state index in [2.05, 4.69) is 38.7 Å². The highest BCUT2D eigenvalue weighted by molar-refractivity contribution is 5.66. The van der Waals surface area contributed by atoms with E-state index in [4.69, 9.17) is 0 Å². The zero-order chi connectivity index (χ0) is 14.8. The molecule has 0 spiro atoms. The Morgan fingerprint density at radius 2 is 1.32 bits per heavy atom. The first kappa shape index (κ1) is 12.8. The van der Waals surface area contributed by atoms with Gasteiger partial charge >= 0.3 is 0 Å². The molecular formula is C18H14N4. The van der Waals surface area contributed by atoms with Crippen molar-refractivity contribution in [1.29, 1.82) is 0 Å². The predicted molar refractivity (Wildman–Crippen MR) is 85.2 cm³/mol. The van der Waals surface area contributed by atoms with E-state index in [1.54, 1.807) is 0 Å². The molecule has 0 aliphatic carbocycles. The summed E-state index contributed by atoms with van der Waals surface area (Å²) in [5.74, 6) is 0. The molecule has 4 heteroatoms. The van der Waals surface area contributed by atoms with E-state index < -0.39 is 0 Å². The number of hydrogen-bond acceptors (Lipinski definition) is 4. The van der Waals surface area contributed by atoms with Gasteiger partial charge in [-0.25, -0.2) is 0 Å². The van der Waals surface area contributed by atoms with Gasteiger partial charge in [-0.1, -0.05) is 60.7 Å². The Kier molecular flexibility index (Phi) is 3.20. The van der Waals surface area contributed by atoms with E-state index in [0.29, 0.717) is 0 Å². The lowest BCUT2D eigenvalue weighted by molar-refractivity contribution is 0.863. The fraction of sp³-hybridized carbons (Fsp3) is 0.111. The summed E-state index contributed by atoms with van der Waals surface area (Å²) in [6, 6.07) is 20.1. The van der Waals surface area contributed by atoms with Crippen LogP contribution < -0.4 is 0 Å². The first-order valence-corrected chi connectivity index (χ1v) is 7.26. The van der Waals surface area contributed by atoms with Crippen LogP contribution in [0.5, 0.6) is 0 Å². The molecule has 4 nitrogen and oxygen atoms in total. The van der Waals surface area contributed by atoms with E-state index >= 15 is 0 Å². The summed E-state index contributed by atoms with van der Waals surface area (Å²) in [5, 5.41) is 17.2. The lowest BCUT2D eigenvalue weighted by Crippen LogP contribution is -1.98. The Labute approximate surface area is 128 Å². The van der Waals surface area contributed by atoms with Crippen molar-refractivity contribution in [2.45, 2.75) is 12.1 Å². The van der Waals surface area contributed by atoms with Crippen molar-refractivity contribution in [3.8, 4) is 0 Å². The van der Waals surface area contributed by atoms with E-state index in [9.17, 15) is 0 Å². The van der Waals surface area contributed by atoms with Crippen molar-refractivity contribution in [3.05, 3.63) is 89.6 Å². The summed E-state index contributed by atoms with van der Waals surface area (Å²) in [6.07, 6.45) is 4.09. The average molecular weight is 286 g/mol. The highest BCUT2D eigenvalue weighted by Crippen LogP contribution is 2.33. The molecule has 0 fully saturated rings. The summed E-state index contributed by atoms with van der Waals surface area (Å²) in [6.45, 7) is 0. The molecule has 2 aromatic rings. The number of benzene rings is 2. The quantitative estimate of drug-likeness (QED) is 0.766. The molecule has 2 atom stereocenters. The van der Waals surface area contributed by atoms with Crippen LogP contribution in [0, 0.1) is 0 Å².